The molecule has 1 aromatic carbocycles. The van der Waals surface area contributed by atoms with E-state index in [1.807, 2.05) is 0 Å². The first kappa shape index (κ1) is 18.9. The molecule has 2 aromatic rings. The summed E-state index contributed by atoms with van der Waals surface area (Å²) in [6.45, 7) is 2.26. The van der Waals surface area contributed by atoms with Crippen LogP contribution in [0, 0.1) is 18.6 Å². The van der Waals surface area contributed by atoms with E-state index in [9.17, 15) is 13.6 Å². The van der Waals surface area contributed by atoms with Gasteiger partial charge in [-0.2, -0.15) is 0 Å². The second-order valence-electron chi connectivity index (χ2n) is 6.58. The van der Waals surface area contributed by atoms with Crippen molar-refractivity contribution in [3.63, 3.8) is 0 Å². The molecule has 0 aliphatic heterocycles. The second kappa shape index (κ2) is 8.70. The maximum atomic E-state index is 13.8. The molecule has 0 bridgehead atoms. The van der Waals surface area contributed by atoms with Gasteiger partial charge in [-0.3, -0.25) is 4.79 Å². The SMILES string of the molecule is Cc1cc(C(=O)NCCC2=CCCCC2)nc(Nc2ccc(F)cc2F)n1. The van der Waals surface area contributed by atoms with Crippen LogP contribution in [0.15, 0.2) is 35.9 Å². The normalized spacial score (nSPS) is 13.8. The van der Waals surface area contributed by atoms with Crippen LogP contribution in [0.2, 0.25) is 0 Å². The number of aryl methyl sites for hydroxylation is 1. The zero-order valence-corrected chi connectivity index (χ0v) is 15.2. The molecular weight excluding hydrogens is 350 g/mol. The fourth-order valence-corrected chi connectivity index (χ4v) is 3.01. The van der Waals surface area contributed by atoms with Gasteiger partial charge in [0.15, 0.2) is 0 Å². The average Bonchev–Trinajstić information content (AvgIpc) is 2.64. The average molecular weight is 372 g/mol. The highest BCUT2D eigenvalue weighted by Crippen LogP contribution is 2.20. The molecule has 2 N–H and O–H groups in total. The van der Waals surface area contributed by atoms with Crippen molar-refractivity contribution in [1.29, 1.82) is 0 Å². The predicted molar refractivity (Wildman–Crippen MR) is 99.9 cm³/mol. The van der Waals surface area contributed by atoms with Gasteiger partial charge < -0.3 is 10.6 Å². The van der Waals surface area contributed by atoms with Crippen LogP contribution in [0.4, 0.5) is 20.4 Å². The first-order valence-electron chi connectivity index (χ1n) is 9.05. The van der Waals surface area contributed by atoms with Crippen molar-refractivity contribution in [2.24, 2.45) is 0 Å². The molecule has 0 unspecified atom stereocenters. The smallest absolute Gasteiger partial charge is 0.270 e. The van der Waals surface area contributed by atoms with Crippen LogP contribution in [0.25, 0.3) is 0 Å². The zero-order valence-electron chi connectivity index (χ0n) is 15.2. The molecule has 142 valence electrons. The maximum Gasteiger partial charge on any atom is 0.270 e. The third kappa shape index (κ3) is 5.32. The molecule has 0 spiro atoms. The molecule has 1 heterocycles. The zero-order chi connectivity index (χ0) is 19.2. The van der Waals surface area contributed by atoms with Gasteiger partial charge in [-0.1, -0.05) is 11.6 Å². The van der Waals surface area contributed by atoms with Gasteiger partial charge in [-0.25, -0.2) is 18.7 Å². The first-order chi connectivity index (χ1) is 13.0. The van der Waals surface area contributed by atoms with E-state index in [1.165, 1.54) is 24.5 Å². The molecule has 1 aliphatic rings. The van der Waals surface area contributed by atoms with Crippen LogP contribution in [0.5, 0.6) is 0 Å². The number of carbonyl (C=O) groups is 1. The molecule has 27 heavy (non-hydrogen) atoms. The second-order valence-corrected chi connectivity index (χ2v) is 6.58. The van der Waals surface area contributed by atoms with Gasteiger partial charge in [0.1, 0.15) is 17.3 Å². The number of aromatic nitrogens is 2. The number of hydrogen-bond acceptors (Lipinski definition) is 4. The fourth-order valence-electron chi connectivity index (χ4n) is 3.01. The number of rotatable bonds is 6. The number of amides is 1. The van der Waals surface area contributed by atoms with Crippen molar-refractivity contribution in [3.8, 4) is 0 Å². The van der Waals surface area contributed by atoms with Crippen molar-refractivity contribution in [2.75, 3.05) is 11.9 Å². The molecular formula is C20H22F2N4O. The highest BCUT2D eigenvalue weighted by molar-refractivity contribution is 5.92. The lowest BCUT2D eigenvalue weighted by molar-refractivity contribution is 0.0949. The quantitative estimate of drug-likeness (QED) is 0.737. The summed E-state index contributed by atoms with van der Waals surface area (Å²) in [5.41, 5.74) is 2.19. The van der Waals surface area contributed by atoms with Crippen LogP contribution >= 0.6 is 0 Å². The van der Waals surface area contributed by atoms with E-state index in [2.05, 4.69) is 26.7 Å². The Morgan fingerprint density at radius 2 is 2.04 bits per heavy atom. The number of allylic oxidation sites excluding steroid dienone is 1. The minimum Gasteiger partial charge on any atom is -0.350 e. The molecule has 7 heteroatoms. The van der Waals surface area contributed by atoms with E-state index in [0.717, 1.165) is 31.4 Å². The van der Waals surface area contributed by atoms with Gasteiger partial charge in [0, 0.05) is 18.3 Å². The molecule has 0 saturated carbocycles. The molecule has 5 nitrogen and oxygen atoms in total. The number of anilines is 2. The maximum absolute atomic E-state index is 13.8. The fraction of sp³-hybridized carbons (Fsp3) is 0.350. The number of nitrogens with one attached hydrogen (secondary N) is 2. The first-order valence-corrected chi connectivity index (χ1v) is 9.05. The monoisotopic (exact) mass is 372 g/mol. The van der Waals surface area contributed by atoms with Gasteiger partial charge in [0.2, 0.25) is 5.95 Å². The Kier molecular flexibility index (Phi) is 6.11. The summed E-state index contributed by atoms with van der Waals surface area (Å²) in [6.07, 6.45) is 7.75. The Bertz CT molecular complexity index is 867. The minimum atomic E-state index is -0.758. The lowest BCUT2D eigenvalue weighted by Crippen LogP contribution is -2.26. The lowest BCUT2D eigenvalue weighted by Gasteiger charge is -2.13. The van der Waals surface area contributed by atoms with Crippen LogP contribution in [0.1, 0.15) is 48.3 Å². The van der Waals surface area contributed by atoms with Gasteiger partial charge in [0.25, 0.3) is 5.91 Å². The summed E-state index contributed by atoms with van der Waals surface area (Å²) in [6, 6.07) is 4.73. The Morgan fingerprint density at radius 1 is 1.19 bits per heavy atom. The predicted octanol–water partition coefficient (Wildman–Crippen LogP) is 4.43. The van der Waals surface area contributed by atoms with Crippen LogP contribution in [-0.4, -0.2) is 22.4 Å². The van der Waals surface area contributed by atoms with Crippen LogP contribution in [0.3, 0.4) is 0 Å². The Labute approximate surface area is 156 Å². The van der Waals surface area contributed by atoms with Gasteiger partial charge >= 0.3 is 0 Å². The number of nitrogens with zero attached hydrogens (tertiary/aromatic N) is 2. The molecule has 1 amide bonds. The van der Waals surface area contributed by atoms with E-state index in [0.29, 0.717) is 12.2 Å². The number of halogens is 2. The van der Waals surface area contributed by atoms with E-state index in [4.69, 9.17) is 0 Å². The third-order valence-corrected chi connectivity index (χ3v) is 4.38. The summed E-state index contributed by atoms with van der Waals surface area (Å²) in [5, 5.41) is 5.55. The topological polar surface area (TPSA) is 66.9 Å². The van der Waals surface area contributed by atoms with E-state index >= 15 is 0 Å². The Hall–Kier alpha value is -2.83. The highest BCUT2D eigenvalue weighted by Gasteiger charge is 2.12. The number of hydrogen-bond donors (Lipinski definition) is 2. The van der Waals surface area contributed by atoms with Gasteiger partial charge in [-0.15, -0.1) is 0 Å². The van der Waals surface area contributed by atoms with Crippen molar-refractivity contribution in [2.45, 2.75) is 39.0 Å². The Morgan fingerprint density at radius 3 is 2.78 bits per heavy atom. The standard InChI is InChI=1S/C20H22F2N4O/c1-13-11-18(19(27)23-10-9-14-5-3-2-4-6-14)26-20(24-13)25-17-8-7-15(21)12-16(17)22/h5,7-8,11-12H,2-4,6,9-10H2,1H3,(H,23,27)(H,24,25,26). The third-order valence-electron chi connectivity index (χ3n) is 4.38. The van der Waals surface area contributed by atoms with E-state index < -0.39 is 11.6 Å². The molecule has 3 rings (SSSR count). The van der Waals surface area contributed by atoms with E-state index in [1.54, 1.807) is 13.0 Å². The number of carbonyl (C=O) groups excluding carboxylic acids is 1. The van der Waals surface area contributed by atoms with Crippen LogP contribution in [-0.2, 0) is 0 Å². The molecule has 1 aliphatic carbocycles. The molecule has 1 aromatic heterocycles. The molecule has 0 saturated heterocycles. The lowest BCUT2D eigenvalue weighted by atomic mass is 9.97. The summed E-state index contributed by atoms with van der Waals surface area (Å²) in [7, 11) is 0. The van der Waals surface area contributed by atoms with E-state index in [-0.39, 0.29) is 23.2 Å². The molecule has 0 fully saturated rings. The minimum absolute atomic E-state index is 0.0394. The van der Waals surface area contributed by atoms with Crippen molar-refractivity contribution < 1.29 is 13.6 Å². The van der Waals surface area contributed by atoms with Crippen molar-refractivity contribution >= 4 is 17.5 Å². The summed E-state index contributed by atoms with van der Waals surface area (Å²) < 4.78 is 26.8. The molecule has 0 atom stereocenters. The highest BCUT2D eigenvalue weighted by atomic mass is 19.1. The number of benzene rings is 1. The van der Waals surface area contributed by atoms with Crippen molar-refractivity contribution in [3.05, 3.63) is 58.9 Å². The van der Waals surface area contributed by atoms with Crippen molar-refractivity contribution in [1.82, 2.24) is 15.3 Å². The summed E-state index contributed by atoms with van der Waals surface area (Å²) in [4.78, 5) is 20.7. The van der Waals surface area contributed by atoms with Gasteiger partial charge in [0.05, 0.1) is 5.69 Å². The van der Waals surface area contributed by atoms with Gasteiger partial charge in [-0.05, 0) is 57.2 Å². The Balaban J connectivity index is 1.65. The summed E-state index contributed by atoms with van der Waals surface area (Å²) in [5.74, 6) is -1.65. The molecule has 0 radical (unpaired) electrons. The largest absolute Gasteiger partial charge is 0.350 e. The summed E-state index contributed by atoms with van der Waals surface area (Å²) >= 11 is 0. The van der Waals surface area contributed by atoms with Crippen LogP contribution < -0.4 is 10.6 Å².